The highest BCUT2D eigenvalue weighted by molar-refractivity contribution is 6.74. The highest BCUT2D eigenvalue weighted by atomic mass is 28.4. The van der Waals surface area contributed by atoms with Crippen LogP contribution in [0, 0.1) is 11.3 Å². The molecule has 0 amide bonds. The molecule has 2 unspecified atom stereocenters. The number of ether oxygens (including phenoxy) is 7. The van der Waals surface area contributed by atoms with Gasteiger partial charge in [0.05, 0.1) is 50.7 Å². The summed E-state index contributed by atoms with van der Waals surface area (Å²) < 4.78 is 55.2. The maximum atomic E-state index is 11.3. The Labute approximate surface area is 315 Å². The molecule has 0 radical (unpaired) electrons. The standard InChI is InChI=1S/C43H56O9Si/c1-40(2,3)53(5,6)52-33-22-35-42(28-44)32(33)23-43(42)41(4,49-35)50-38-37(47-26-31-20-14-9-15-21-31)36(46-25-30-18-12-8-13-19-30)34(48-39(38)51-43)27-45-24-29-16-10-7-11-17-29/h7-21,32-39,44H,22-28H2,1-6H3/t32?,33-,34-,35-,36-,37+,38-,39+,41-,42+,43?/m1/s1. The van der Waals surface area contributed by atoms with Crippen molar-refractivity contribution in [3.05, 3.63) is 108 Å². The van der Waals surface area contributed by atoms with Crippen molar-refractivity contribution in [1.29, 1.82) is 0 Å². The van der Waals surface area contributed by atoms with Crippen LogP contribution in [0.25, 0.3) is 0 Å². The van der Waals surface area contributed by atoms with Crippen molar-refractivity contribution in [2.24, 2.45) is 11.3 Å². The van der Waals surface area contributed by atoms with Crippen molar-refractivity contribution in [2.45, 2.75) is 133 Å². The zero-order chi connectivity index (χ0) is 37.1. The lowest BCUT2D eigenvalue weighted by Gasteiger charge is -2.66. The van der Waals surface area contributed by atoms with Gasteiger partial charge in [0.2, 0.25) is 0 Å². The number of hydrogen-bond donors (Lipinski definition) is 1. The summed E-state index contributed by atoms with van der Waals surface area (Å²) >= 11 is 0. The summed E-state index contributed by atoms with van der Waals surface area (Å²) in [6, 6.07) is 30.3. The molecule has 8 rings (SSSR count). The van der Waals surface area contributed by atoms with Crippen LogP contribution in [0.4, 0.5) is 0 Å². The molecule has 3 heterocycles. The molecular formula is C43H56O9Si. The quantitative estimate of drug-likeness (QED) is 0.183. The van der Waals surface area contributed by atoms with Gasteiger partial charge in [-0.15, -0.1) is 0 Å². The summed E-state index contributed by atoms with van der Waals surface area (Å²) in [5.74, 6) is -1.06. The van der Waals surface area contributed by atoms with E-state index in [0.717, 1.165) is 16.7 Å². The summed E-state index contributed by atoms with van der Waals surface area (Å²) in [5, 5.41) is 11.4. The first-order chi connectivity index (χ1) is 25.4. The molecule has 2 saturated carbocycles. The fourth-order valence-corrected chi connectivity index (χ4v) is 10.8. The molecule has 3 aliphatic heterocycles. The highest BCUT2D eigenvalue weighted by Gasteiger charge is 2.88. The summed E-state index contributed by atoms with van der Waals surface area (Å²) in [7, 11) is -2.08. The van der Waals surface area contributed by atoms with E-state index in [2.05, 4.69) is 46.0 Å². The van der Waals surface area contributed by atoms with Gasteiger partial charge < -0.3 is 42.7 Å². The predicted molar refractivity (Wildman–Crippen MR) is 201 cm³/mol. The predicted octanol–water partition coefficient (Wildman–Crippen LogP) is 7.16. The second-order valence-corrected chi connectivity index (χ2v) is 22.1. The second-order valence-electron chi connectivity index (χ2n) is 17.3. The summed E-state index contributed by atoms with van der Waals surface area (Å²) in [4.78, 5) is 0. The zero-order valence-electron chi connectivity index (χ0n) is 31.9. The van der Waals surface area contributed by atoms with Crippen LogP contribution >= 0.6 is 0 Å². The second kappa shape index (κ2) is 14.2. The summed E-state index contributed by atoms with van der Waals surface area (Å²) in [6.45, 7) is 14.6. The van der Waals surface area contributed by atoms with Crippen LogP contribution in [-0.2, 0) is 57.4 Å². The summed E-state index contributed by atoms with van der Waals surface area (Å²) in [6.07, 6.45) is -2.13. The lowest BCUT2D eigenvalue weighted by molar-refractivity contribution is -0.474. The van der Waals surface area contributed by atoms with Crippen LogP contribution in [0.1, 0.15) is 57.2 Å². The van der Waals surface area contributed by atoms with Crippen molar-refractivity contribution in [2.75, 3.05) is 13.2 Å². The first kappa shape index (κ1) is 37.4. The van der Waals surface area contributed by atoms with Gasteiger partial charge in [-0.3, -0.25) is 0 Å². The van der Waals surface area contributed by atoms with Gasteiger partial charge in [-0.2, -0.15) is 0 Å². The minimum absolute atomic E-state index is 0.0197. The van der Waals surface area contributed by atoms with Gasteiger partial charge in [0, 0.05) is 5.92 Å². The monoisotopic (exact) mass is 744 g/mol. The molecule has 286 valence electrons. The molecule has 53 heavy (non-hydrogen) atoms. The van der Waals surface area contributed by atoms with Crippen molar-refractivity contribution in [3.8, 4) is 0 Å². The van der Waals surface area contributed by atoms with Crippen LogP contribution in [-0.4, -0.2) is 80.9 Å². The number of benzene rings is 3. The Balaban J connectivity index is 1.10. The minimum Gasteiger partial charge on any atom is -0.414 e. The van der Waals surface area contributed by atoms with Gasteiger partial charge >= 0.3 is 0 Å². The average molecular weight is 745 g/mol. The van der Waals surface area contributed by atoms with E-state index in [4.69, 9.17) is 37.6 Å². The summed E-state index contributed by atoms with van der Waals surface area (Å²) in [5.41, 5.74) is 1.55. The fraction of sp³-hybridized carbons (Fsp3) is 0.581. The molecule has 2 aliphatic carbocycles. The van der Waals surface area contributed by atoms with Crippen molar-refractivity contribution in [1.82, 2.24) is 0 Å². The lowest BCUT2D eigenvalue weighted by Crippen LogP contribution is -2.80. The van der Waals surface area contributed by atoms with E-state index in [9.17, 15) is 5.11 Å². The normalized spacial score (nSPS) is 37.4. The molecule has 5 aliphatic rings. The van der Waals surface area contributed by atoms with Crippen LogP contribution in [0.5, 0.6) is 0 Å². The number of rotatable bonds is 13. The molecule has 0 aromatic heterocycles. The first-order valence-electron chi connectivity index (χ1n) is 19.3. The third-order valence-electron chi connectivity index (χ3n) is 13.2. The Morgan fingerprint density at radius 3 is 1.91 bits per heavy atom. The van der Waals surface area contributed by atoms with Crippen LogP contribution in [0.2, 0.25) is 18.1 Å². The Kier molecular flexibility index (Phi) is 10.0. The van der Waals surface area contributed by atoms with E-state index in [1.807, 2.05) is 85.8 Å². The van der Waals surface area contributed by atoms with E-state index in [-0.39, 0.29) is 36.4 Å². The molecule has 1 N–H and O–H groups in total. The van der Waals surface area contributed by atoms with E-state index in [1.165, 1.54) is 0 Å². The number of aliphatic hydroxyl groups is 1. The third kappa shape index (κ3) is 6.37. The van der Waals surface area contributed by atoms with Crippen LogP contribution in [0.15, 0.2) is 91.0 Å². The molecule has 5 fully saturated rings. The topological polar surface area (TPSA) is 94.1 Å². The molecule has 11 atom stereocenters. The molecule has 3 aromatic rings. The van der Waals surface area contributed by atoms with Gasteiger partial charge in [-0.25, -0.2) is 0 Å². The SMILES string of the molecule is CC(C)(C)[Si](C)(C)O[C@@H]1C[C@H]2O[C@]3(C)O[C@H]4[C@@H](O[C@H](COCc5ccccc5)[C@@H](OCc5ccccc5)[C@@H]4OCc4ccccc4)OC34CC1[C@@]24CO. The Hall–Kier alpha value is -2.48. The molecular weight excluding hydrogens is 689 g/mol. The van der Waals surface area contributed by atoms with E-state index >= 15 is 0 Å². The smallest absolute Gasteiger partial charge is 0.196 e. The lowest BCUT2D eigenvalue weighted by atomic mass is 9.49. The van der Waals surface area contributed by atoms with Gasteiger partial charge in [0.15, 0.2) is 20.4 Å². The van der Waals surface area contributed by atoms with Crippen molar-refractivity contribution in [3.63, 3.8) is 0 Å². The maximum Gasteiger partial charge on any atom is 0.196 e. The number of fused-ring (bicyclic) bond motifs is 1. The maximum absolute atomic E-state index is 11.3. The van der Waals surface area contributed by atoms with Gasteiger partial charge in [0.1, 0.15) is 30.0 Å². The Morgan fingerprint density at radius 1 is 0.774 bits per heavy atom. The molecule has 10 heteroatoms. The van der Waals surface area contributed by atoms with Gasteiger partial charge in [-0.1, -0.05) is 112 Å². The van der Waals surface area contributed by atoms with Gasteiger partial charge in [0.25, 0.3) is 0 Å². The van der Waals surface area contributed by atoms with Crippen LogP contribution < -0.4 is 0 Å². The molecule has 9 nitrogen and oxygen atoms in total. The van der Waals surface area contributed by atoms with Gasteiger partial charge in [-0.05, 0) is 54.6 Å². The third-order valence-corrected chi connectivity index (χ3v) is 17.7. The van der Waals surface area contributed by atoms with E-state index < -0.39 is 55.8 Å². The Morgan fingerprint density at radius 2 is 1.34 bits per heavy atom. The first-order valence-corrected chi connectivity index (χ1v) is 22.2. The molecule has 0 bridgehead atoms. The molecule has 3 saturated heterocycles. The minimum atomic E-state index is -2.08. The largest absolute Gasteiger partial charge is 0.414 e. The number of aliphatic hydroxyl groups excluding tert-OH is 1. The van der Waals surface area contributed by atoms with E-state index in [0.29, 0.717) is 32.7 Å². The van der Waals surface area contributed by atoms with Crippen molar-refractivity contribution >= 4 is 8.32 Å². The van der Waals surface area contributed by atoms with Crippen LogP contribution in [0.3, 0.4) is 0 Å². The fourth-order valence-electron chi connectivity index (χ4n) is 9.43. The van der Waals surface area contributed by atoms with E-state index in [1.54, 1.807) is 0 Å². The molecule has 3 aromatic carbocycles. The average Bonchev–Trinajstić information content (AvgIpc) is 3.44. The Bertz CT molecular complexity index is 1690. The zero-order valence-corrected chi connectivity index (χ0v) is 32.9. The molecule has 1 spiro atoms. The number of hydrogen-bond acceptors (Lipinski definition) is 9. The highest BCUT2D eigenvalue weighted by Crippen LogP contribution is 2.76. The van der Waals surface area contributed by atoms with Crippen molar-refractivity contribution < 1.29 is 42.7 Å².